The molecule has 1 N–H and O–H groups in total. The number of nitrogens with one attached hydrogen (secondary N) is 1. The molecule has 0 radical (unpaired) electrons. The van der Waals surface area contributed by atoms with Crippen molar-refractivity contribution in [1.29, 1.82) is 0 Å². The number of nitrogens with zero attached hydrogens (tertiary/aromatic N) is 4. The molecule has 2 aromatic carbocycles. The number of hydrogen-bond donors (Lipinski definition) is 1. The minimum Gasteiger partial charge on any atom is -0.322 e. The Labute approximate surface area is 175 Å². The van der Waals surface area contributed by atoms with Crippen molar-refractivity contribution in [3.8, 4) is 0 Å². The number of rotatable bonds is 5. The third-order valence-electron chi connectivity index (χ3n) is 5.41. The summed E-state index contributed by atoms with van der Waals surface area (Å²) in [4.78, 5) is 13.8. The maximum absolute atomic E-state index is 13.0. The lowest BCUT2D eigenvalue weighted by Crippen LogP contribution is -2.13. The van der Waals surface area contributed by atoms with Gasteiger partial charge in [-0.3, -0.25) is 4.79 Å². The molecule has 1 amide bonds. The van der Waals surface area contributed by atoms with E-state index in [-0.39, 0.29) is 5.91 Å². The molecule has 1 aromatic heterocycles. The van der Waals surface area contributed by atoms with E-state index in [2.05, 4.69) is 33.0 Å². The molecule has 1 saturated carbocycles. The molecule has 150 valence electrons. The van der Waals surface area contributed by atoms with Gasteiger partial charge in [0.05, 0.1) is 5.56 Å². The van der Waals surface area contributed by atoms with Crippen LogP contribution in [0.4, 0.5) is 5.69 Å². The number of amides is 1. The first-order valence-corrected chi connectivity index (χ1v) is 10.8. The standard InChI is InChI=1S/C22H25N5OS/c1-15-8-13-20(29-22-24-25-26-27(22)2)19(14-15)21(28)23-18-11-9-17(10-12-18)16-6-4-3-5-7-16/h8-14,16H,3-7H2,1-2H3,(H,23,28). The molecule has 0 bridgehead atoms. The molecule has 0 unspecified atom stereocenters. The van der Waals surface area contributed by atoms with E-state index in [9.17, 15) is 4.79 Å². The van der Waals surface area contributed by atoms with Crippen molar-refractivity contribution >= 4 is 23.4 Å². The van der Waals surface area contributed by atoms with E-state index in [1.165, 1.54) is 49.4 Å². The predicted octanol–water partition coefficient (Wildman–Crippen LogP) is 4.97. The topological polar surface area (TPSA) is 72.7 Å². The number of anilines is 1. The van der Waals surface area contributed by atoms with Gasteiger partial charge in [0.2, 0.25) is 5.16 Å². The van der Waals surface area contributed by atoms with Crippen LogP contribution in [-0.2, 0) is 7.05 Å². The molecule has 3 aromatic rings. The Hall–Kier alpha value is -2.67. The van der Waals surface area contributed by atoms with Crippen molar-refractivity contribution in [2.24, 2.45) is 7.05 Å². The summed E-state index contributed by atoms with van der Waals surface area (Å²) in [6.45, 7) is 1.98. The van der Waals surface area contributed by atoms with Gasteiger partial charge < -0.3 is 5.32 Å². The van der Waals surface area contributed by atoms with E-state index in [0.29, 0.717) is 16.6 Å². The summed E-state index contributed by atoms with van der Waals surface area (Å²) in [6, 6.07) is 14.2. The van der Waals surface area contributed by atoms with Crippen molar-refractivity contribution in [2.45, 2.75) is 55.0 Å². The molecule has 29 heavy (non-hydrogen) atoms. The molecular formula is C22H25N5OS. The molecule has 1 heterocycles. The minimum absolute atomic E-state index is 0.128. The third kappa shape index (κ3) is 4.67. The van der Waals surface area contributed by atoms with E-state index in [0.717, 1.165) is 16.1 Å². The van der Waals surface area contributed by atoms with Crippen LogP contribution in [0.3, 0.4) is 0 Å². The Morgan fingerprint density at radius 2 is 1.86 bits per heavy atom. The number of aromatic nitrogens is 4. The van der Waals surface area contributed by atoms with E-state index in [1.54, 1.807) is 11.7 Å². The van der Waals surface area contributed by atoms with Gasteiger partial charge >= 0.3 is 0 Å². The van der Waals surface area contributed by atoms with E-state index >= 15 is 0 Å². The Kier molecular flexibility index (Phi) is 5.94. The summed E-state index contributed by atoms with van der Waals surface area (Å²) >= 11 is 1.38. The largest absolute Gasteiger partial charge is 0.322 e. The summed E-state index contributed by atoms with van der Waals surface area (Å²) in [5.74, 6) is 0.532. The van der Waals surface area contributed by atoms with Gasteiger partial charge in [0.15, 0.2) is 0 Å². The third-order valence-corrected chi connectivity index (χ3v) is 6.51. The molecule has 0 atom stereocenters. The maximum atomic E-state index is 13.0. The highest BCUT2D eigenvalue weighted by Crippen LogP contribution is 2.33. The van der Waals surface area contributed by atoms with Gasteiger partial charge in [-0.25, -0.2) is 4.68 Å². The maximum Gasteiger partial charge on any atom is 0.256 e. The van der Waals surface area contributed by atoms with Gasteiger partial charge in [-0.1, -0.05) is 43.0 Å². The summed E-state index contributed by atoms with van der Waals surface area (Å²) in [5, 5.41) is 15.2. The van der Waals surface area contributed by atoms with Crippen molar-refractivity contribution in [3.05, 3.63) is 59.2 Å². The van der Waals surface area contributed by atoms with Gasteiger partial charge in [-0.2, -0.15) is 0 Å². The van der Waals surface area contributed by atoms with E-state index in [1.807, 2.05) is 37.3 Å². The average molecular weight is 408 g/mol. The number of hydrogen-bond acceptors (Lipinski definition) is 5. The van der Waals surface area contributed by atoms with Crippen LogP contribution in [0.25, 0.3) is 0 Å². The van der Waals surface area contributed by atoms with Crippen LogP contribution in [0.1, 0.15) is 59.5 Å². The van der Waals surface area contributed by atoms with Gasteiger partial charge in [0, 0.05) is 17.6 Å². The smallest absolute Gasteiger partial charge is 0.256 e. The second kappa shape index (κ2) is 8.78. The van der Waals surface area contributed by atoms with Crippen molar-refractivity contribution < 1.29 is 4.79 Å². The number of aryl methyl sites for hydroxylation is 2. The highest BCUT2D eigenvalue weighted by atomic mass is 32.2. The van der Waals surface area contributed by atoms with Crippen LogP contribution in [0, 0.1) is 6.92 Å². The number of carbonyl (C=O) groups excluding carboxylic acids is 1. The first-order chi connectivity index (χ1) is 14.1. The molecule has 0 saturated heterocycles. The number of benzene rings is 2. The van der Waals surface area contributed by atoms with Crippen molar-refractivity contribution in [2.75, 3.05) is 5.32 Å². The van der Waals surface area contributed by atoms with Crippen LogP contribution >= 0.6 is 11.8 Å². The predicted molar refractivity (Wildman–Crippen MR) is 114 cm³/mol. The van der Waals surface area contributed by atoms with Gasteiger partial charge in [0.25, 0.3) is 5.91 Å². The van der Waals surface area contributed by atoms with E-state index in [4.69, 9.17) is 0 Å². The SMILES string of the molecule is Cc1ccc(Sc2nnnn2C)c(C(=O)Nc2ccc(C3CCCCC3)cc2)c1. The second-order valence-electron chi connectivity index (χ2n) is 7.60. The summed E-state index contributed by atoms with van der Waals surface area (Å²) in [6.07, 6.45) is 6.53. The molecule has 1 fully saturated rings. The zero-order valence-electron chi connectivity index (χ0n) is 16.8. The molecule has 1 aliphatic carbocycles. The zero-order chi connectivity index (χ0) is 20.2. The lowest BCUT2D eigenvalue weighted by atomic mass is 9.84. The molecule has 7 heteroatoms. The molecule has 0 aliphatic heterocycles. The highest BCUT2D eigenvalue weighted by molar-refractivity contribution is 7.99. The van der Waals surface area contributed by atoms with Gasteiger partial charge in [0.1, 0.15) is 0 Å². The summed E-state index contributed by atoms with van der Waals surface area (Å²) < 4.78 is 1.59. The zero-order valence-corrected chi connectivity index (χ0v) is 17.6. The fourth-order valence-electron chi connectivity index (χ4n) is 3.79. The normalized spacial score (nSPS) is 14.7. The fraction of sp³-hybridized carbons (Fsp3) is 0.364. The summed E-state index contributed by atoms with van der Waals surface area (Å²) in [7, 11) is 1.78. The highest BCUT2D eigenvalue weighted by Gasteiger charge is 2.17. The van der Waals surface area contributed by atoms with Crippen LogP contribution in [0.2, 0.25) is 0 Å². The van der Waals surface area contributed by atoms with Crippen LogP contribution < -0.4 is 5.32 Å². The number of carbonyl (C=O) groups is 1. The molecule has 4 rings (SSSR count). The minimum atomic E-state index is -0.128. The Bertz CT molecular complexity index is 993. The average Bonchev–Trinajstić information content (AvgIpc) is 3.15. The summed E-state index contributed by atoms with van der Waals surface area (Å²) in [5.41, 5.74) is 3.84. The Morgan fingerprint density at radius 1 is 1.10 bits per heavy atom. The van der Waals surface area contributed by atoms with E-state index < -0.39 is 0 Å². The molecule has 6 nitrogen and oxygen atoms in total. The monoisotopic (exact) mass is 407 g/mol. The molecule has 1 aliphatic rings. The van der Waals surface area contributed by atoms with Crippen LogP contribution in [-0.4, -0.2) is 26.1 Å². The molecule has 0 spiro atoms. The van der Waals surface area contributed by atoms with Gasteiger partial charge in [-0.15, -0.1) is 5.10 Å². The van der Waals surface area contributed by atoms with Crippen LogP contribution in [0.5, 0.6) is 0 Å². The Balaban J connectivity index is 1.50. The Morgan fingerprint density at radius 3 is 2.55 bits per heavy atom. The molecular weight excluding hydrogens is 382 g/mol. The first kappa shape index (κ1) is 19.6. The second-order valence-corrected chi connectivity index (χ2v) is 8.61. The van der Waals surface area contributed by atoms with Crippen LogP contribution in [0.15, 0.2) is 52.5 Å². The number of tetrazole rings is 1. The first-order valence-electron chi connectivity index (χ1n) is 10.0. The quantitative estimate of drug-likeness (QED) is 0.646. The van der Waals surface area contributed by atoms with Crippen molar-refractivity contribution in [1.82, 2.24) is 20.2 Å². The van der Waals surface area contributed by atoms with Crippen molar-refractivity contribution in [3.63, 3.8) is 0 Å². The fourth-order valence-corrected chi connectivity index (χ4v) is 4.63. The lowest BCUT2D eigenvalue weighted by Gasteiger charge is -2.22. The van der Waals surface area contributed by atoms with Gasteiger partial charge in [-0.05, 0) is 77.7 Å². The lowest BCUT2D eigenvalue weighted by molar-refractivity contribution is 0.102.